The summed E-state index contributed by atoms with van der Waals surface area (Å²) < 4.78 is 49.8. The number of esters is 1. The molecule has 0 aliphatic heterocycles. The summed E-state index contributed by atoms with van der Waals surface area (Å²) in [5.74, 6) is 2.91. The third-order valence-electron chi connectivity index (χ3n) is 25.8. The number of H-pyrrole nitrogens is 1. The second-order valence-corrected chi connectivity index (χ2v) is 32.8. The van der Waals surface area contributed by atoms with Crippen molar-refractivity contribution in [1.82, 2.24) is 65.8 Å². The summed E-state index contributed by atoms with van der Waals surface area (Å²) in [6.07, 6.45) is 29.1. The number of nitrogens with zero attached hydrogens (tertiary/aromatic N) is 7. The lowest BCUT2D eigenvalue weighted by molar-refractivity contribution is -0.174. The molecule has 3 unspecified atom stereocenters. The lowest BCUT2D eigenvalue weighted by atomic mass is 9.54. The lowest BCUT2D eigenvalue weighted by Crippen LogP contribution is -2.56. The maximum Gasteiger partial charge on any atom is 0.471 e. The van der Waals surface area contributed by atoms with Crippen molar-refractivity contribution in [3.05, 3.63) is 123 Å². The van der Waals surface area contributed by atoms with Gasteiger partial charge >= 0.3 is 24.1 Å². The fourth-order valence-corrected chi connectivity index (χ4v) is 21.3. The molecule has 10 saturated carbocycles. The van der Waals surface area contributed by atoms with Crippen LogP contribution in [0.3, 0.4) is 0 Å². The molecule has 13 aliphatic rings. The van der Waals surface area contributed by atoms with Crippen LogP contribution in [0.2, 0.25) is 0 Å². The molecule has 6 N–H and O–H groups in total. The maximum absolute atomic E-state index is 13.8. The maximum atomic E-state index is 13.8. The Labute approximate surface area is 601 Å². The molecule has 552 valence electrons. The van der Waals surface area contributed by atoms with Crippen molar-refractivity contribution in [2.24, 2.45) is 47.3 Å². The number of urea groups is 1. The Morgan fingerprint density at radius 1 is 0.553 bits per heavy atom. The number of ether oxygens (including phenoxy) is 1. The highest BCUT2D eigenvalue weighted by molar-refractivity contribution is 5.97. The first kappa shape index (κ1) is 70.7. The van der Waals surface area contributed by atoms with Crippen molar-refractivity contribution >= 4 is 46.5 Å². The monoisotopic (exact) mass is 1420 g/mol. The zero-order chi connectivity index (χ0) is 71.2. The number of aromatic amines is 1. The second-order valence-electron chi connectivity index (χ2n) is 32.8. The standard InChI is InChI=1S/C27H41N5O2.C27H28N4O3.C26H35F3N4O2/c1-31(2)27(34)28-20-8-9-23-22(15-20)25(30-32(23)21-6-4-3-5-7-21)26(33)29-24-18-11-16-10-17(13-18)14-19(24)12-16;1-34-27(33)23(15-19-16-28-22-13-7-5-11-20(19)22)29-26(32)25-21-12-6-8-14-24(21)31(30-25)17-18-9-3-2-4-10-18;27-26(28,29)25(35)30-18-6-7-21-20(13-18)23(32-33(21)19-4-2-1-3-5-19)24(34)31-22-16-9-14-8-15(11-16)12-17(22)10-14/h16-21,24H,3-15H2,1-2H3,(H,28,34)(H,29,33);2-5,7,9-11,13,16,23,28H,6,8,12,14-15,17H2,1H3,(H,29,32);14-19,22H,1-13H2,(H,30,35)(H,31,34). The smallest absolute Gasteiger partial charge is 0.467 e. The van der Waals surface area contributed by atoms with Crippen molar-refractivity contribution in [2.45, 2.75) is 254 Å². The summed E-state index contributed by atoms with van der Waals surface area (Å²) >= 11 is 0. The zero-order valence-corrected chi connectivity index (χ0v) is 60.2. The number of aromatic nitrogens is 7. The van der Waals surface area contributed by atoms with Gasteiger partial charge in [0, 0.05) is 95.6 Å². The first-order valence-electron chi connectivity index (χ1n) is 39.1. The highest BCUT2D eigenvalue weighted by atomic mass is 19.4. The topological polar surface area (TPSA) is 244 Å². The third kappa shape index (κ3) is 15.2. The number of nitrogens with one attached hydrogen (secondary N) is 6. The van der Waals surface area contributed by atoms with E-state index in [2.05, 4.69) is 48.4 Å². The molecule has 2 aromatic carbocycles. The van der Waals surface area contributed by atoms with Gasteiger partial charge in [-0.3, -0.25) is 33.2 Å². The molecule has 8 bridgehead atoms. The van der Waals surface area contributed by atoms with E-state index in [-0.39, 0.29) is 48.3 Å². The van der Waals surface area contributed by atoms with E-state index < -0.39 is 30.1 Å². The van der Waals surface area contributed by atoms with Gasteiger partial charge in [0.2, 0.25) is 0 Å². The minimum absolute atomic E-state index is 0.0304. The van der Waals surface area contributed by atoms with Crippen LogP contribution in [0.15, 0.2) is 60.8 Å². The molecule has 0 saturated heterocycles. The van der Waals surface area contributed by atoms with Crippen molar-refractivity contribution in [1.29, 1.82) is 0 Å². The molecule has 13 aliphatic carbocycles. The highest BCUT2D eigenvalue weighted by Crippen LogP contribution is 2.55. The molecule has 6 amide bonds. The number of fused-ring (bicyclic) bond motifs is 4. The van der Waals surface area contributed by atoms with Crippen LogP contribution in [-0.2, 0) is 65.8 Å². The number of methoxy groups -OCH3 is 1. The van der Waals surface area contributed by atoms with Gasteiger partial charge in [-0.2, -0.15) is 28.5 Å². The Kier molecular flexibility index (Phi) is 20.7. The Morgan fingerprint density at radius 3 is 1.56 bits per heavy atom. The Balaban J connectivity index is 0.000000125. The second kappa shape index (κ2) is 30.2. The fourth-order valence-electron chi connectivity index (χ4n) is 21.3. The molecule has 103 heavy (non-hydrogen) atoms. The average molecular weight is 1420 g/mol. The first-order chi connectivity index (χ1) is 49.9. The minimum atomic E-state index is -4.91. The molecule has 19 rings (SSSR count). The molecule has 4 aromatic heterocycles. The number of carbonyl (C=O) groups excluding carboxylic acids is 6. The summed E-state index contributed by atoms with van der Waals surface area (Å²) in [6.45, 7) is 0.617. The molecule has 0 radical (unpaired) electrons. The van der Waals surface area contributed by atoms with E-state index in [0.29, 0.717) is 85.1 Å². The largest absolute Gasteiger partial charge is 0.471 e. The van der Waals surface area contributed by atoms with Gasteiger partial charge in [-0.1, -0.05) is 87.1 Å². The van der Waals surface area contributed by atoms with E-state index in [0.717, 1.165) is 151 Å². The van der Waals surface area contributed by atoms with Gasteiger partial charge < -0.3 is 41.2 Å². The van der Waals surface area contributed by atoms with Gasteiger partial charge in [0.05, 0.1) is 25.7 Å². The van der Waals surface area contributed by atoms with Crippen LogP contribution >= 0.6 is 0 Å². The number of carbonyl (C=O) groups is 6. The number of benzene rings is 2. The van der Waals surface area contributed by atoms with Crippen molar-refractivity contribution in [2.75, 3.05) is 21.2 Å². The fraction of sp³-hybridized carbons (Fsp3) is 0.637. The summed E-state index contributed by atoms with van der Waals surface area (Å²) in [7, 11) is 4.89. The van der Waals surface area contributed by atoms with E-state index in [1.165, 1.54) is 103 Å². The first-order valence-corrected chi connectivity index (χ1v) is 39.1. The molecular weight excluding hydrogens is 1310 g/mol. The van der Waals surface area contributed by atoms with Gasteiger partial charge in [-0.15, -0.1) is 0 Å². The number of rotatable bonds is 15. The number of halogens is 3. The van der Waals surface area contributed by atoms with E-state index in [1.54, 1.807) is 19.0 Å². The van der Waals surface area contributed by atoms with Crippen LogP contribution in [0, 0.1) is 47.3 Å². The van der Waals surface area contributed by atoms with E-state index in [4.69, 9.17) is 20.0 Å². The number of alkyl halides is 3. The van der Waals surface area contributed by atoms with Crippen LogP contribution in [0.1, 0.15) is 243 Å². The van der Waals surface area contributed by atoms with Gasteiger partial charge in [0.25, 0.3) is 17.7 Å². The van der Waals surface area contributed by atoms with Gasteiger partial charge in [0.1, 0.15) is 6.04 Å². The number of para-hydroxylation sites is 1. The summed E-state index contributed by atoms with van der Waals surface area (Å²) in [5.41, 5.74) is 10.6. The van der Waals surface area contributed by atoms with E-state index in [1.807, 2.05) is 58.0 Å². The van der Waals surface area contributed by atoms with Gasteiger partial charge in [-0.25, -0.2) is 9.59 Å². The normalized spacial score (nSPS) is 27.7. The molecule has 23 heteroatoms. The molecule has 10 fully saturated rings. The molecular formula is C80H104F3N13O7. The average Bonchev–Trinajstić information content (AvgIpc) is 1.71. The number of amides is 6. The quantitative estimate of drug-likeness (QED) is 0.0531. The predicted molar refractivity (Wildman–Crippen MR) is 383 cm³/mol. The van der Waals surface area contributed by atoms with Crippen LogP contribution in [0.25, 0.3) is 10.9 Å². The Morgan fingerprint density at radius 2 is 1.05 bits per heavy atom. The molecule has 0 spiro atoms. The van der Waals surface area contributed by atoms with Crippen LogP contribution in [0.5, 0.6) is 0 Å². The Hall–Kier alpha value is -7.98. The SMILES string of the molecule is CN(C)C(=O)NC1CCc2c(c(C(=O)NC3C4CC5CC(C4)CC3C5)nn2C2CCCCC2)C1.COC(=O)C(Cc1c[nH]c2ccccc12)NC(=O)c1nn(Cc2ccccc2)c2c1CCCC2.O=C(NC1C2CC3CC(C2)CC1C3)c1nn(C2CCCCC2)c2c1CC(NC(=O)C(F)(F)F)CC2. The van der Waals surface area contributed by atoms with Crippen LogP contribution in [0.4, 0.5) is 18.0 Å². The lowest BCUT2D eigenvalue weighted by Gasteiger charge is -2.54. The number of hydrogen-bond donors (Lipinski definition) is 6. The van der Waals surface area contributed by atoms with E-state index >= 15 is 0 Å². The number of hydrogen-bond acceptors (Lipinski definition) is 10. The summed E-state index contributed by atoms with van der Waals surface area (Å²) in [6, 6.07) is 17.7. The highest BCUT2D eigenvalue weighted by Gasteiger charge is 2.51. The Bertz CT molecular complexity index is 4030. The predicted octanol–water partition coefficient (Wildman–Crippen LogP) is 12.4. The third-order valence-corrected chi connectivity index (χ3v) is 25.8. The van der Waals surface area contributed by atoms with Crippen LogP contribution in [-0.4, -0.2) is 132 Å². The van der Waals surface area contributed by atoms with Crippen molar-refractivity contribution in [3.8, 4) is 0 Å². The van der Waals surface area contributed by atoms with Gasteiger partial charge in [0.15, 0.2) is 17.1 Å². The van der Waals surface area contributed by atoms with Crippen molar-refractivity contribution in [3.63, 3.8) is 0 Å². The van der Waals surface area contributed by atoms with Gasteiger partial charge in [-0.05, 0) is 219 Å². The molecule has 6 aromatic rings. The molecule has 3 atom stereocenters. The minimum Gasteiger partial charge on any atom is -0.467 e. The van der Waals surface area contributed by atoms with E-state index in [9.17, 15) is 41.9 Å². The molecule has 20 nitrogen and oxygen atoms in total. The summed E-state index contributed by atoms with van der Waals surface area (Å²) in [5, 5.41) is 30.7. The molecule has 4 heterocycles. The van der Waals surface area contributed by atoms with Crippen LogP contribution < -0.4 is 26.6 Å². The zero-order valence-electron chi connectivity index (χ0n) is 60.2. The van der Waals surface area contributed by atoms with Crippen molar-refractivity contribution < 1.29 is 46.7 Å². The summed E-state index contributed by atoms with van der Waals surface area (Å²) in [4.78, 5) is 82.1.